The van der Waals surface area contributed by atoms with Gasteiger partial charge in [0, 0.05) is 49.0 Å². The molecule has 2 N–H and O–H groups in total. The Labute approximate surface area is 170 Å². The van der Waals surface area contributed by atoms with Crippen molar-refractivity contribution in [1.29, 1.82) is 0 Å². The van der Waals surface area contributed by atoms with Crippen LogP contribution in [0, 0.1) is 5.82 Å². The Morgan fingerprint density at radius 3 is 2.50 bits per heavy atom. The van der Waals surface area contributed by atoms with Gasteiger partial charge in [-0.1, -0.05) is 0 Å². The fourth-order valence-electron chi connectivity index (χ4n) is 3.60. The van der Waals surface area contributed by atoms with Gasteiger partial charge in [0.25, 0.3) is 0 Å². The molecule has 3 aromatic rings. The summed E-state index contributed by atoms with van der Waals surface area (Å²) in [5, 5.41) is 10.5. The summed E-state index contributed by atoms with van der Waals surface area (Å²) in [4.78, 5) is 10.6. The lowest BCUT2D eigenvalue weighted by atomic mass is 10.1. The molecule has 158 valence electrons. The van der Waals surface area contributed by atoms with E-state index in [9.17, 15) is 22.7 Å². The normalized spacial score (nSPS) is 16.1. The predicted molar refractivity (Wildman–Crippen MR) is 108 cm³/mol. The molecule has 1 aliphatic rings. The van der Waals surface area contributed by atoms with Crippen molar-refractivity contribution in [3.63, 3.8) is 0 Å². The van der Waals surface area contributed by atoms with Gasteiger partial charge in [0.1, 0.15) is 5.82 Å². The van der Waals surface area contributed by atoms with Gasteiger partial charge in [-0.2, -0.15) is 13.2 Å². The SMILES string of the molecule is CN1CCN(c2ccc(N=Cc3c(O)[nH]c4ccc(F)cc34)cc2C(F)(F)F)CC1. The van der Waals surface area contributed by atoms with Crippen LogP contribution in [0.15, 0.2) is 41.4 Å². The van der Waals surface area contributed by atoms with Crippen LogP contribution in [0.2, 0.25) is 0 Å². The lowest BCUT2D eigenvalue weighted by Crippen LogP contribution is -2.45. The summed E-state index contributed by atoms with van der Waals surface area (Å²) in [5.41, 5.74) is 0.172. The quantitative estimate of drug-likeness (QED) is 0.484. The Balaban J connectivity index is 1.69. The highest BCUT2D eigenvalue weighted by Gasteiger charge is 2.35. The number of benzene rings is 2. The zero-order valence-corrected chi connectivity index (χ0v) is 16.2. The third-order valence-corrected chi connectivity index (χ3v) is 5.25. The molecule has 0 unspecified atom stereocenters. The van der Waals surface area contributed by atoms with Crippen LogP contribution in [0.5, 0.6) is 5.88 Å². The van der Waals surface area contributed by atoms with E-state index in [1.807, 2.05) is 7.05 Å². The smallest absolute Gasteiger partial charge is 0.418 e. The fourth-order valence-corrected chi connectivity index (χ4v) is 3.60. The van der Waals surface area contributed by atoms with E-state index in [0.29, 0.717) is 37.1 Å². The average molecular weight is 420 g/mol. The van der Waals surface area contributed by atoms with Gasteiger partial charge in [-0.25, -0.2) is 4.39 Å². The van der Waals surface area contributed by atoms with Gasteiger partial charge >= 0.3 is 6.18 Å². The number of aromatic nitrogens is 1. The Morgan fingerprint density at radius 1 is 1.07 bits per heavy atom. The number of H-pyrrole nitrogens is 1. The molecule has 0 radical (unpaired) electrons. The van der Waals surface area contributed by atoms with Crippen LogP contribution >= 0.6 is 0 Å². The van der Waals surface area contributed by atoms with E-state index < -0.39 is 17.6 Å². The molecule has 2 aromatic carbocycles. The molecule has 1 fully saturated rings. The summed E-state index contributed by atoms with van der Waals surface area (Å²) in [6.45, 7) is 2.40. The standard InChI is InChI=1S/C21H20F4N4O/c1-28-6-8-29(9-7-28)19-5-3-14(11-17(19)21(23,24)25)26-12-16-15-10-13(22)2-4-18(15)27-20(16)30/h2-5,10-12,27,30H,6-9H2,1H3. The molecule has 0 amide bonds. The number of aliphatic imine (C=N–C) groups is 1. The van der Waals surface area contributed by atoms with E-state index in [4.69, 9.17) is 0 Å². The van der Waals surface area contributed by atoms with E-state index in [2.05, 4.69) is 14.9 Å². The van der Waals surface area contributed by atoms with Gasteiger partial charge in [-0.05, 0) is 43.4 Å². The number of halogens is 4. The van der Waals surface area contributed by atoms with Crippen molar-refractivity contribution in [2.24, 2.45) is 4.99 Å². The first kappa shape index (κ1) is 20.2. The van der Waals surface area contributed by atoms with Gasteiger partial charge < -0.3 is 19.9 Å². The number of alkyl halides is 3. The van der Waals surface area contributed by atoms with Gasteiger partial charge in [0.15, 0.2) is 5.88 Å². The number of likely N-dealkylation sites (N-methyl/N-ethyl adjacent to an activating group) is 1. The number of aromatic amines is 1. The zero-order chi connectivity index (χ0) is 21.5. The highest BCUT2D eigenvalue weighted by molar-refractivity contribution is 6.02. The lowest BCUT2D eigenvalue weighted by Gasteiger charge is -2.35. The Morgan fingerprint density at radius 2 is 1.80 bits per heavy atom. The molecule has 1 aliphatic heterocycles. The third kappa shape index (κ3) is 3.97. The molecule has 1 saturated heterocycles. The van der Waals surface area contributed by atoms with Gasteiger partial charge in [-0.3, -0.25) is 4.99 Å². The number of rotatable bonds is 3. The van der Waals surface area contributed by atoms with Crippen molar-refractivity contribution in [3.05, 3.63) is 53.3 Å². The summed E-state index contributed by atoms with van der Waals surface area (Å²) in [6.07, 6.45) is -3.30. The van der Waals surface area contributed by atoms with Crippen molar-refractivity contribution in [2.45, 2.75) is 6.18 Å². The van der Waals surface area contributed by atoms with Crippen LogP contribution in [0.25, 0.3) is 10.9 Å². The molecule has 30 heavy (non-hydrogen) atoms. The number of hydrogen-bond acceptors (Lipinski definition) is 4. The second-order valence-corrected chi connectivity index (χ2v) is 7.32. The van der Waals surface area contributed by atoms with Gasteiger partial charge in [0.05, 0.1) is 16.8 Å². The summed E-state index contributed by atoms with van der Waals surface area (Å²) in [6, 6.07) is 7.86. The van der Waals surface area contributed by atoms with E-state index in [1.54, 1.807) is 4.90 Å². The first-order valence-electron chi connectivity index (χ1n) is 9.41. The Bertz CT molecular complexity index is 1100. The summed E-state index contributed by atoms with van der Waals surface area (Å²) in [7, 11) is 1.94. The van der Waals surface area contributed by atoms with Crippen LogP contribution in [0.4, 0.5) is 28.9 Å². The molecule has 0 spiro atoms. The van der Waals surface area contributed by atoms with Crippen molar-refractivity contribution in [3.8, 4) is 5.88 Å². The molecule has 2 heterocycles. The van der Waals surface area contributed by atoms with Crippen LogP contribution in [0.1, 0.15) is 11.1 Å². The van der Waals surface area contributed by atoms with Gasteiger partial charge in [-0.15, -0.1) is 0 Å². The number of aromatic hydroxyl groups is 1. The van der Waals surface area contributed by atoms with Crippen LogP contribution < -0.4 is 4.90 Å². The van der Waals surface area contributed by atoms with Gasteiger partial charge in [0.2, 0.25) is 0 Å². The highest BCUT2D eigenvalue weighted by atomic mass is 19.4. The van der Waals surface area contributed by atoms with E-state index in [1.165, 1.54) is 36.5 Å². The maximum Gasteiger partial charge on any atom is 0.418 e. The van der Waals surface area contributed by atoms with Crippen LogP contribution in [-0.2, 0) is 6.18 Å². The molecule has 0 aliphatic carbocycles. The van der Waals surface area contributed by atoms with Crippen molar-refractivity contribution < 1.29 is 22.7 Å². The second kappa shape index (κ2) is 7.64. The number of nitrogens with one attached hydrogen (secondary N) is 1. The largest absolute Gasteiger partial charge is 0.494 e. The minimum Gasteiger partial charge on any atom is -0.494 e. The highest BCUT2D eigenvalue weighted by Crippen LogP contribution is 2.39. The number of piperazine rings is 1. The Kier molecular flexibility index (Phi) is 5.15. The maximum absolute atomic E-state index is 13.7. The Hall–Kier alpha value is -3.07. The first-order chi connectivity index (χ1) is 14.2. The number of anilines is 1. The van der Waals surface area contributed by atoms with Crippen LogP contribution in [0.3, 0.4) is 0 Å². The summed E-state index contributed by atoms with van der Waals surface area (Å²) < 4.78 is 54.7. The van der Waals surface area contributed by atoms with Crippen molar-refractivity contribution >= 4 is 28.5 Å². The number of fused-ring (bicyclic) bond motifs is 1. The third-order valence-electron chi connectivity index (χ3n) is 5.25. The molecule has 9 heteroatoms. The minimum absolute atomic E-state index is 0.0883. The predicted octanol–water partition coefficient (Wildman–Crippen LogP) is 4.53. The van der Waals surface area contributed by atoms with E-state index in [-0.39, 0.29) is 22.8 Å². The topological polar surface area (TPSA) is 54.9 Å². The minimum atomic E-state index is -4.53. The molecule has 1 aromatic heterocycles. The first-order valence-corrected chi connectivity index (χ1v) is 9.41. The maximum atomic E-state index is 13.7. The molecular weight excluding hydrogens is 400 g/mol. The molecule has 5 nitrogen and oxygen atoms in total. The molecule has 0 saturated carbocycles. The average Bonchev–Trinajstić information content (AvgIpc) is 3.00. The van der Waals surface area contributed by atoms with Crippen LogP contribution in [-0.4, -0.2) is 54.4 Å². The van der Waals surface area contributed by atoms with Crippen molar-refractivity contribution in [2.75, 3.05) is 38.1 Å². The van der Waals surface area contributed by atoms with E-state index in [0.717, 1.165) is 6.07 Å². The van der Waals surface area contributed by atoms with E-state index >= 15 is 0 Å². The number of hydrogen-bond donors (Lipinski definition) is 2. The fraction of sp³-hybridized carbons (Fsp3) is 0.286. The number of nitrogens with zero attached hydrogens (tertiary/aromatic N) is 3. The monoisotopic (exact) mass is 420 g/mol. The zero-order valence-electron chi connectivity index (χ0n) is 16.2. The molecule has 0 atom stereocenters. The molecule has 4 rings (SSSR count). The van der Waals surface area contributed by atoms with Crippen molar-refractivity contribution in [1.82, 2.24) is 9.88 Å². The molecular formula is C21H20F4N4O. The molecule has 0 bridgehead atoms. The lowest BCUT2D eigenvalue weighted by molar-refractivity contribution is -0.137. The summed E-state index contributed by atoms with van der Waals surface area (Å²) in [5.74, 6) is -0.725. The summed E-state index contributed by atoms with van der Waals surface area (Å²) >= 11 is 0. The second-order valence-electron chi connectivity index (χ2n) is 7.32.